The van der Waals surface area contributed by atoms with Crippen LogP contribution >= 0.6 is 23.2 Å². The zero-order valence-corrected chi connectivity index (χ0v) is 12.8. The zero-order valence-electron chi connectivity index (χ0n) is 10.5. The van der Waals surface area contributed by atoms with E-state index >= 15 is 0 Å². The number of nitriles is 1. The van der Waals surface area contributed by atoms with Crippen LogP contribution in [0, 0.1) is 11.3 Å². The van der Waals surface area contributed by atoms with Gasteiger partial charge in [-0.15, -0.1) is 0 Å². The van der Waals surface area contributed by atoms with Crippen molar-refractivity contribution in [1.82, 2.24) is 0 Å². The highest BCUT2D eigenvalue weighted by molar-refractivity contribution is 7.92. The third kappa shape index (κ3) is 3.39. The molecule has 2 rings (SSSR count). The predicted molar refractivity (Wildman–Crippen MR) is 82.8 cm³/mol. The molecule has 108 valence electrons. The summed E-state index contributed by atoms with van der Waals surface area (Å²) < 4.78 is 27.0. The van der Waals surface area contributed by atoms with Gasteiger partial charge < -0.3 is 5.73 Å². The number of halogens is 2. The van der Waals surface area contributed by atoms with Crippen LogP contribution in [0.5, 0.6) is 0 Å². The second-order valence-corrected chi connectivity index (χ2v) is 6.59. The summed E-state index contributed by atoms with van der Waals surface area (Å²) in [6.07, 6.45) is 0. The number of benzene rings is 2. The Morgan fingerprint density at radius 1 is 1.14 bits per heavy atom. The molecule has 0 spiro atoms. The third-order valence-corrected chi connectivity index (χ3v) is 4.56. The molecule has 0 saturated heterocycles. The van der Waals surface area contributed by atoms with Gasteiger partial charge in [0.2, 0.25) is 0 Å². The molecule has 0 saturated carbocycles. The molecule has 2 aromatic carbocycles. The summed E-state index contributed by atoms with van der Waals surface area (Å²) in [5, 5.41) is 9.40. The Balaban J connectivity index is 2.51. The Hall–Kier alpha value is -1.94. The van der Waals surface area contributed by atoms with Crippen molar-refractivity contribution in [3.63, 3.8) is 0 Å². The Morgan fingerprint density at radius 3 is 2.52 bits per heavy atom. The maximum Gasteiger partial charge on any atom is 0.263 e. The molecular formula is C13H9Cl2N3O2S. The molecule has 21 heavy (non-hydrogen) atoms. The van der Waals surface area contributed by atoms with Crippen molar-refractivity contribution in [2.45, 2.75) is 4.90 Å². The van der Waals surface area contributed by atoms with Crippen LogP contribution in [0.25, 0.3) is 0 Å². The second-order valence-electron chi connectivity index (χ2n) is 4.10. The summed E-state index contributed by atoms with van der Waals surface area (Å²) in [5.41, 5.74) is 6.05. The van der Waals surface area contributed by atoms with Crippen molar-refractivity contribution >= 4 is 44.6 Å². The number of nitrogens with one attached hydrogen (secondary N) is 1. The lowest BCUT2D eigenvalue weighted by Crippen LogP contribution is -2.15. The number of hydrogen-bond acceptors (Lipinski definition) is 4. The maximum absolute atomic E-state index is 12.4. The van der Waals surface area contributed by atoms with Gasteiger partial charge in [0.25, 0.3) is 10.0 Å². The fraction of sp³-hybridized carbons (Fsp3) is 0. The van der Waals surface area contributed by atoms with Gasteiger partial charge in [0.1, 0.15) is 11.0 Å². The van der Waals surface area contributed by atoms with Gasteiger partial charge in [-0.25, -0.2) is 8.42 Å². The van der Waals surface area contributed by atoms with Crippen LogP contribution in [0.3, 0.4) is 0 Å². The molecular weight excluding hydrogens is 333 g/mol. The lowest BCUT2D eigenvalue weighted by atomic mass is 10.2. The van der Waals surface area contributed by atoms with Crippen molar-refractivity contribution in [2.24, 2.45) is 0 Å². The summed E-state index contributed by atoms with van der Waals surface area (Å²) in [6.45, 7) is 0. The van der Waals surface area contributed by atoms with Gasteiger partial charge in [0, 0.05) is 10.7 Å². The third-order valence-electron chi connectivity index (χ3n) is 2.59. The minimum atomic E-state index is -4.01. The van der Waals surface area contributed by atoms with Gasteiger partial charge in [-0.2, -0.15) is 5.26 Å². The number of anilines is 2. The quantitative estimate of drug-likeness (QED) is 0.837. The lowest BCUT2D eigenvalue weighted by Gasteiger charge is -2.11. The van der Waals surface area contributed by atoms with Crippen molar-refractivity contribution in [3.05, 3.63) is 52.0 Å². The molecule has 8 heteroatoms. The molecule has 3 N–H and O–H groups in total. The first-order chi connectivity index (χ1) is 9.83. The topological polar surface area (TPSA) is 96.0 Å². The molecule has 0 radical (unpaired) electrons. The van der Waals surface area contributed by atoms with E-state index < -0.39 is 10.0 Å². The molecule has 0 bridgehead atoms. The predicted octanol–water partition coefficient (Wildman–Crippen LogP) is 3.25. The first-order valence-corrected chi connectivity index (χ1v) is 7.85. The molecule has 0 aliphatic heterocycles. The van der Waals surface area contributed by atoms with Crippen LogP contribution in [0.4, 0.5) is 11.4 Å². The number of nitrogens with two attached hydrogens (primary N) is 1. The molecule has 0 aliphatic rings. The largest absolute Gasteiger partial charge is 0.399 e. The summed E-state index contributed by atoms with van der Waals surface area (Å²) in [7, 11) is -4.01. The van der Waals surface area contributed by atoms with E-state index in [-0.39, 0.29) is 26.2 Å². The number of hydrogen-bond donors (Lipinski definition) is 2. The summed E-state index contributed by atoms with van der Waals surface area (Å²) in [6, 6.07) is 10.2. The van der Waals surface area contributed by atoms with Gasteiger partial charge in [-0.3, -0.25) is 4.72 Å². The monoisotopic (exact) mass is 341 g/mol. The van der Waals surface area contributed by atoms with Crippen molar-refractivity contribution in [2.75, 3.05) is 10.5 Å². The van der Waals surface area contributed by atoms with E-state index in [9.17, 15) is 8.42 Å². The highest BCUT2D eigenvalue weighted by Crippen LogP contribution is 2.28. The smallest absolute Gasteiger partial charge is 0.263 e. The minimum Gasteiger partial charge on any atom is -0.399 e. The summed E-state index contributed by atoms with van der Waals surface area (Å²) >= 11 is 11.7. The van der Waals surface area contributed by atoms with Crippen LogP contribution in [0.1, 0.15) is 5.56 Å². The lowest BCUT2D eigenvalue weighted by molar-refractivity contribution is 0.601. The Kier molecular flexibility index (Phi) is 4.28. The Morgan fingerprint density at radius 2 is 1.86 bits per heavy atom. The Labute approximate surface area is 132 Å². The van der Waals surface area contributed by atoms with E-state index in [0.717, 1.165) is 0 Å². The summed E-state index contributed by atoms with van der Waals surface area (Å²) in [4.78, 5) is -0.226. The van der Waals surface area contributed by atoms with Gasteiger partial charge in [-0.1, -0.05) is 23.2 Å². The van der Waals surface area contributed by atoms with Gasteiger partial charge in [-0.05, 0) is 36.4 Å². The standard InChI is InChI=1S/C13H9Cl2N3O2S/c14-9-2-1-8(7-16)13(5-9)21(19,20)18-12-6-10(17)3-4-11(12)15/h1-6,18H,17H2. The number of rotatable bonds is 3. The number of sulfonamides is 1. The molecule has 0 atom stereocenters. The highest BCUT2D eigenvalue weighted by atomic mass is 35.5. The fourth-order valence-electron chi connectivity index (χ4n) is 1.63. The summed E-state index contributed by atoms with van der Waals surface area (Å²) in [5.74, 6) is 0. The Bertz CT molecular complexity index is 845. The second kappa shape index (κ2) is 5.82. The average Bonchev–Trinajstić information content (AvgIpc) is 2.42. The van der Waals surface area contributed by atoms with E-state index in [1.807, 2.05) is 0 Å². The van der Waals surface area contributed by atoms with Crippen LogP contribution in [-0.2, 0) is 10.0 Å². The van der Waals surface area contributed by atoms with E-state index in [1.54, 1.807) is 12.1 Å². The normalized spacial score (nSPS) is 10.9. The molecule has 0 aromatic heterocycles. The molecule has 0 amide bonds. The van der Waals surface area contributed by atoms with Crippen LogP contribution < -0.4 is 10.5 Å². The maximum atomic E-state index is 12.4. The zero-order chi connectivity index (χ0) is 15.6. The average molecular weight is 342 g/mol. The van der Waals surface area contributed by atoms with Crippen LogP contribution in [0.2, 0.25) is 10.0 Å². The fourth-order valence-corrected chi connectivity index (χ4v) is 3.34. The van der Waals surface area contributed by atoms with Crippen molar-refractivity contribution in [1.29, 1.82) is 5.26 Å². The van der Waals surface area contributed by atoms with Crippen LogP contribution in [-0.4, -0.2) is 8.42 Å². The molecule has 0 heterocycles. The van der Waals surface area contributed by atoms with Gasteiger partial charge in [0.15, 0.2) is 0 Å². The highest BCUT2D eigenvalue weighted by Gasteiger charge is 2.20. The van der Waals surface area contributed by atoms with Crippen molar-refractivity contribution in [3.8, 4) is 6.07 Å². The first-order valence-electron chi connectivity index (χ1n) is 5.61. The molecule has 0 aliphatic carbocycles. The molecule has 5 nitrogen and oxygen atoms in total. The van der Waals surface area contributed by atoms with E-state index in [4.69, 9.17) is 34.2 Å². The molecule has 0 unspecified atom stereocenters. The van der Waals surface area contributed by atoms with Gasteiger partial charge >= 0.3 is 0 Å². The van der Waals surface area contributed by atoms with E-state index in [1.165, 1.54) is 30.3 Å². The van der Waals surface area contributed by atoms with E-state index in [2.05, 4.69) is 4.72 Å². The molecule has 0 fully saturated rings. The number of nitrogen functional groups attached to an aromatic ring is 1. The van der Waals surface area contributed by atoms with E-state index in [0.29, 0.717) is 5.69 Å². The SMILES string of the molecule is N#Cc1ccc(Cl)cc1S(=O)(=O)Nc1cc(N)ccc1Cl. The van der Waals surface area contributed by atoms with Crippen molar-refractivity contribution < 1.29 is 8.42 Å². The van der Waals surface area contributed by atoms with Gasteiger partial charge in [0.05, 0.1) is 16.3 Å². The molecule has 2 aromatic rings. The van der Waals surface area contributed by atoms with Crippen LogP contribution in [0.15, 0.2) is 41.3 Å². The first kappa shape index (κ1) is 15.4. The minimum absolute atomic E-state index is 0.0214. The number of nitrogens with zero attached hydrogens (tertiary/aromatic N) is 1.